The molecule has 0 aliphatic heterocycles. The molecule has 0 saturated heterocycles. The zero-order valence-electron chi connectivity index (χ0n) is 27.2. The van der Waals surface area contributed by atoms with Crippen LogP contribution in [0.4, 0.5) is 0 Å². The fraction of sp³-hybridized carbons (Fsp3) is 0.733. The van der Waals surface area contributed by atoms with E-state index in [2.05, 4.69) is 32.9 Å². The number of rotatable bonds is 18. The highest BCUT2D eigenvalue weighted by Crippen LogP contribution is 2.56. The number of unbranched alkanes of at least 4 members (excludes halogenated alkanes) is 1. The van der Waals surface area contributed by atoms with E-state index in [0.29, 0.717) is 6.42 Å². The molecule has 0 radical (unpaired) electrons. The Hall–Kier alpha value is -1.78. The topological polar surface area (TPSA) is 142 Å². The van der Waals surface area contributed by atoms with E-state index in [0.717, 1.165) is 31.3 Å². The molecular weight excluding hydrogens is 583 g/mol. The van der Waals surface area contributed by atoms with Crippen LogP contribution in [0, 0.1) is 10.8 Å². The van der Waals surface area contributed by atoms with Crippen LogP contribution in [0.3, 0.4) is 0 Å². The van der Waals surface area contributed by atoms with Crippen molar-refractivity contribution in [2.75, 3.05) is 13.6 Å². The number of hydrogen-bond acceptors (Lipinski definition) is 9. The smallest absolute Gasteiger partial charge is 0.357 e. The highest BCUT2D eigenvalue weighted by molar-refractivity contribution is 7.94. The lowest BCUT2D eigenvalue weighted by atomic mass is 9.98. The standard InChI is InChI=1S/C30H53O10PS/c1-23(2)15-13-17-25(4)19-14-18-24(3)16-11-12-20-26(42(34,35)36)41(33,39-21-37-27(31)29(5,6)7)40-22-38-28(32)30(8,9)10/h15-16,19,26H,11-14,17-18,20-22H2,1-10H3,(H,34,35,36)/b24-16+,25-19+. The SMILES string of the molecule is CC(C)=CCC/C(C)=C/CC/C(C)=C/CCCC(P(=O)(OCOC(=O)C(C)(C)C)OCOC(=O)C(C)(C)C)S(=O)(=O)O. The number of esters is 2. The fourth-order valence-corrected chi connectivity index (χ4v) is 6.83. The minimum Gasteiger partial charge on any atom is -0.438 e. The van der Waals surface area contributed by atoms with Gasteiger partial charge in [-0.1, -0.05) is 34.9 Å². The van der Waals surface area contributed by atoms with Crippen molar-refractivity contribution in [3.63, 3.8) is 0 Å². The van der Waals surface area contributed by atoms with Crippen LogP contribution >= 0.6 is 7.60 Å². The molecule has 0 rings (SSSR count). The molecule has 244 valence electrons. The minimum absolute atomic E-state index is 0.236. The Kier molecular flexibility index (Phi) is 17.4. The molecule has 0 amide bonds. The Morgan fingerprint density at radius 2 is 1.17 bits per heavy atom. The van der Waals surface area contributed by atoms with Crippen molar-refractivity contribution in [2.45, 2.75) is 119 Å². The Balaban J connectivity index is 5.43. The van der Waals surface area contributed by atoms with E-state index >= 15 is 0 Å². The van der Waals surface area contributed by atoms with Gasteiger partial charge < -0.3 is 9.47 Å². The van der Waals surface area contributed by atoms with E-state index in [1.54, 1.807) is 41.5 Å². The third-order valence-electron chi connectivity index (χ3n) is 6.04. The monoisotopic (exact) mass is 636 g/mol. The second-order valence-electron chi connectivity index (χ2n) is 12.8. The summed E-state index contributed by atoms with van der Waals surface area (Å²) in [5, 5.41) is 0. The first-order valence-electron chi connectivity index (χ1n) is 14.2. The Morgan fingerprint density at radius 1 is 0.762 bits per heavy atom. The first-order valence-corrected chi connectivity index (χ1v) is 17.3. The summed E-state index contributed by atoms with van der Waals surface area (Å²) in [7, 11) is -9.65. The number of allylic oxidation sites excluding steroid dienone is 6. The maximum absolute atomic E-state index is 13.7. The van der Waals surface area contributed by atoms with Crippen molar-refractivity contribution in [1.29, 1.82) is 0 Å². The van der Waals surface area contributed by atoms with Crippen molar-refractivity contribution >= 4 is 29.7 Å². The van der Waals surface area contributed by atoms with Crippen molar-refractivity contribution in [1.82, 2.24) is 0 Å². The van der Waals surface area contributed by atoms with Gasteiger partial charge in [-0.15, -0.1) is 0 Å². The van der Waals surface area contributed by atoms with Gasteiger partial charge in [0.25, 0.3) is 10.1 Å². The molecule has 0 heterocycles. The average molecular weight is 637 g/mol. The Labute approximate surface area is 253 Å². The molecule has 12 heteroatoms. The molecule has 1 atom stereocenters. The quantitative estimate of drug-likeness (QED) is 0.0391. The average Bonchev–Trinajstić information content (AvgIpc) is 2.81. The summed E-state index contributed by atoms with van der Waals surface area (Å²) in [5.41, 5.74) is 1.95. The maximum atomic E-state index is 13.7. The van der Waals surface area contributed by atoms with Crippen LogP contribution in [-0.2, 0) is 42.8 Å². The lowest BCUT2D eigenvalue weighted by Gasteiger charge is -2.26. The number of hydrogen-bond donors (Lipinski definition) is 1. The normalized spacial score (nSPS) is 14.4. The minimum atomic E-state index is -4.94. The van der Waals surface area contributed by atoms with E-state index in [1.165, 1.54) is 11.1 Å². The molecule has 1 unspecified atom stereocenters. The number of ether oxygens (including phenoxy) is 2. The zero-order valence-corrected chi connectivity index (χ0v) is 28.9. The lowest BCUT2D eigenvalue weighted by molar-refractivity contribution is -0.162. The molecule has 0 aliphatic carbocycles. The van der Waals surface area contributed by atoms with Crippen LogP contribution in [0.5, 0.6) is 0 Å². The predicted octanol–water partition coefficient (Wildman–Crippen LogP) is 8.11. The van der Waals surface area contributed by atoms with Crippen molar-refractivity contribution in [3.8, 4) is 0 Å². The second-order valence-corrected chi connectivity index (χ2v) is 16.9. The summed E-state index contributed by atoms with van der Waals surface area (Å²) < 4.78 is 68.6. The van der Waals surface area contributed by atoms with Crippen molar-refractivity contribution in [3.05, 3.63) is 34.9 Å². The molecule has 0 bridgehead atoms. The largest absolute Gasteiger partial charge is 0.438 e. The lowest BCUT2D eigenvalue weighted by Crippen LogP contribution is -2.28. The summed E-state index contributed by atoms with van der Waals surface area (Å²) in [5.74, 6) is -1.37. The van der Waals surface area contributed by atoms with Crippen LogP contribution in [-0.4, -0.2) is 43.5 Å². The zero-order chi connectivity index (χ0) is 32.8. The van der Waals surface area contributed by atoms with Gasteiger partial charge in [-0.05, 0) is 114 Å². The number of carbonyl (C=O) groups is 2. The molecular formula is C30H53O10PS. The first kappa shape index (κ1) is 40.2. The van der Waals surface area contributed by atoms with Crippen molar-refractivity contribution in [2.24, 2.45) is 10.8 Å². The molecule has 10 nitrogen and oxygen atoms in total. The van der Waals surface area contributed by atoms with Gasteiger partial charge in [-0.3, -0.25) is 27.8 Å². The van der Waals surface area contributed by atoms with Gasteiger partial charge in [0.15, 0.2) is 4.99 Å². The van der Waals surface area contributed by atoms with Crippen LogP contribution < -0.4 is 0 Å². The van der Waals surface area contributed by atoms with E-state index in [4.69, 9.17) is 18.5 Å². The highest BCUT2D eigenvalue weighted by atomic mass is 32.2. The van der Waals surface area contributed by atoms with E-state index < -0.39 is 59.1 Å². The van der Waals surface area contributed by atoms with Gasteiger partial charge in [0, 0.05) is 0 Å². The van der Waals surface area contributed by atoms with Gasteiger partial charge in [0.1, 0.15) is 0 Å². The van der Waals surface area contributed by atoms with Crippen LogP contribution in [0.1, 0.15) is 114 Å². The third-order valence-corrected chi connectivity index (χ3v) is 10.4. The molecule has 0 aromatic rings. The van der Waals surface area contributed by atoms with Gasteiger partial charge in [-0.2, -0.15) is 8.42 Å². The summed E-state index contributed by atoms with van der Waals surface area (Å²) in [6, 6.07) is 0. The summed E-state index contributed by atoms with van der Waals surface area (Å²) in [4.78, 5) is 22.2. The van der Waals surface area contributed by atoms with Crippen LogP contribution in [0.15, 0.2) is 34.9 Å². The summed E-state index contributed by atoms with van der Waals surface area (Å²) in [6.45, 7) is 16.1. The van der Waals surface area contributed by atoms with E-state index in [9.17, 15) is 27.1 Å². The van der Waals surface area contributed by atoms with Gasteiger partial charge >= 0.3 is 19.5 Å². The molecule has 0 saturated carbocycles. The Morgan fingerprint density at radius 3 is 1.55 bits per heavy atom. The second kappa shape index (κ2) is 18.1. The van der Waals surface area contributed by atoms with Crippen LogP contribution in [0.25, 0.3) is 0 Å². The predicted molar refractivity (Wildman–Crippen MR) is 165 cm³/mol. The maximum Gasteiger partial charge on any atom is 0.357 e. The molecule has 0 aromatic carbocycles. The van der Waals surface area contributed by atoms with Gasteiger partial charge in [0.2, 0.25) is 13.6 Å². The molecule has 0 spiro atoms. The Bertz CT molecular complexity index is 1080. The summed E-state index contributed by atoms with van der Waals surface area (Å²) in [6.07, 6.45) is 10.6. The highest BCUT2D eigenvalue weighted by Gasteiger charge is 2.45. The molecule has 0 aliphatic rings. The van der Waals surface area contributed by atoms with E-state index in [-0.39, 0.29) is 12.8 Å². The molecule has 42 heavy (non-hydrogen) atoms. The van der Waals surface area contributed by atoms with Gasteiger partial charge in [-0.25, -0.2) is 0 Å². The molecule has 0 aromatic heterocycles. The molecule has 0 fully saturated rings. The fourth-order valence-electron chi connectivity index (χ4n) is 3.39. The first-order chi connectivity index (χ1) is 19.1. The van der Waals surface area contributed by atoms with Crippen LogP contribution in [0.2, 0.25) is 0 Å². The molecule has 1 N–H and O–H groups in total. The number of carbonyl (C=O) groups excluding carboxylic acids is 2. The third kappa shape index (κ3) is 17.4. The van der Waals surface area contributed by atoms with Gasteiger partial charge in [0.05, 0.1) is 10.8 Å². The van der Waals surface area contributed by atoms with E-state index in [1.807, 2.05) is 13.0 Å². The summed E-state index contributed by atoms with van der Waals surface area (Å²) >= 11 is 0. The van der Waals surface area contributed by atoms with Crippen molar-refractivity contribution < 1.29 is 45.6 Å².